The molecular formula is C30H33N3O6S. The molecule has 1 unspecified atom stereocenters. The van der Waals surface area contributed by atoms with Gasteiger partial charge in [0, 0.05) is 40.1 Å². The zero-order chi connectivity index (χ0) is 28.2. The second-order valence-corrected chi connectivity index (χ2v) is 13.0. The second kappa shape index (κ2) is 8.93. The lowest BCUT2D eigenvalue weighted by atomic mass is 9.71. The number of fused-ring (bicyclic) bond motifs is 9. The number of hydrogen-bond acceptors (Lipinski definition) is 10. The summed E-state index contributed by atoms with van der Waals surface area (Å²) in [5.41, 5.74) is 5.93. The van der Waals surface area contributed by atoms with Crippen LogP contribution in [0.4, 0.5) is 0 Å². The van der Waals surface area contributed by atoms with Crippen molar-refractivity contribution in [3.63, 3.8) is 0 Å². The number of carbonyl (C=O) groups is 1. The highest BCUT2D eigenvalue weighted by Crippen LogP contribution is 2.63. The number of carbonyl (C=O) groups excluding carboxylic acids is 1. The summed E-state index contributed by atoms with van der Waals surface area (Å²) in [4.78, 5) is 17.4. The Labute approximate surface area is 237 Å². The minimum absolute atomic E-state index is 0.0233. The van der Waals surface area contributed by atoms with Gasteiger partial charge in [-0.05, 0) is 50.9 Å². The molecule has 2 fully saturated rings. The summed E-state index contributed by atoms with van der Waals surface area (Å²) < 4.78 is 17.7. The highest BCUT2D eigenvalue weighted by Gasteiger charge is 2.60. The number of esters is 1. The van der Waals surface area contributed by atoms with Gasteiger partial charge in [-0.25, -0.2) is 0 Å². The molecule has 10 heteroatoms. The fourth-order valence-electron chi connectivity index (χ4n) is 7.66. The molecule has 40 heavy (non-hydrogen) atoms. The van der Waals surface area contributed by atoms with Gasteiger partial charge in [0.15, 0.2) is 11.5 Å². The molecular weight excluding hydrogens is 530 g/mol. The maximum Gasteiger partial charge on any atom is 0.309 e. The molecule has 2 aromatic carbocycles. The van der Waals surface area contributed by atoms with Crippen molar-refractivity contribution in [1.82, 2.24) is 9.80 Å². The standard InChI is InChI=1S/C30H33N3O6S/c1-12-6-16-7-17-18(8-31)33-19-9-37-30(36)13(2)10-40-29(24(33)23(32(17)5)20(16)25(34)14(12)3)22-21(19)28-27(38-11-39-28)15(4)26(22)35/h6,13,17-19,23-24,29,34-35H,7,9-11H2,1-5H3/t13-,17-,18-,19+,23+,24?,29+/m0/s1. The summed E-state index contributed by atoms with van der Waals surface area (Å²) >= 11 is 1.60. The lowest BCUT2D eigenvalue weighted by molar-refractivity contribution is -0.153. The van der Waals surface area contributed by atoms with Gasteiger partial charge in [0.1, 0.15) is 24.1 Å². The van der Waals surface area contributed by atoms with E-state index in [4.69, 9.17) is 14.2 Å². The monoisotopic (exact) mass is 563 g/mol. The highest BCUT2D eigenvalue weighted by atomic mass is 32.2. The van der Waals surface area contributed by atoms with Crippen LogP contribution in [0.15, 0.2) is 6.07 Å². The van der Waals surface area contributed by atoms with E-state index >= 15 is 0 Å². The first kappa shape index (κ1) is 25.8. The number of phenols is 2. The SMILES string of the molecule is Cc1cc2c(c(O)c1C)[C@@H]1C3[C@@H]4SC[C@H](C)C(=O)OC[C@H](c5c6c(c(C)c(O)c54)OCO6)N3[C@@H](C#N)[C@H](C2)N1C. The van der Waals surface area contributed by atoms with Crippen molar-refractivity contribution in [2.45, 2.75) is 69.6 Å². The van der Waals surface area contributed by atoms with Crippen molar-refractivity contribution in [3.8, 4) is 29.1 Å². The van der Waals surface area contributed by atoms with E-state index in [-0.39, 0.29) is 54.4 Å². The van der Waals surface area contributed by atoms with Crippen molar-refractivity contribution in [2.75, 3.05) is 26.2 Å². The highest BCUT2D eigenvalue weighted by molar-refractivity contribution is 7.99. The van der Waals surface area contributed by atoms with E-state index < -0.39 is 12.1 Å². The molecule has 0 aliphatic carbocycles. The summed E-state index contributed by atoms with van der Waals surface area (Å²) in [5.74, 6) is 1.37. The minimum Gasteiger partial charge on any atom is -0.507 e. The number of hydrogen-bond donors (Lipinski definition) is 2. The Morgan fingerprint density at radius 2 is 1.77 bits per heavy atom. The summed E-state index contributed by atoms with van der Waals surface area (Å²) in [5, 5.41) is 33.8. The Bertz CT molecular complexity index is 1500. The molecule has 9 nitrogen and oxygen atoms in total. The lowest BCUT2D eigenvalue weighted by Gasteiger charge is -2.61. The van der Waals surface area contributed by atoms with E-state index in [0.29, 0.717) is 35.0 Å². The van der Waals surface area contributed by atoms with Crippen LogP contribution in [0.1, 0.15) is 63.2 Å². The third-order valence-electron chi connectivity index (χ3n) is 9.81. The number of rotatable bonds is 0. The van der Waals surface area contributed by atoms with Crippen molar-refractivity contribution in [2.24, 2.45) is 5.92 Å². The van der Waals surface area contributed by atoms with E-state index in [1.165, 1.54) is 0 Å². The first-order valence-electron chi connectivity index (χ1n) is 13.8. The normalized spacial score (nSPS) is 32.5. The molecule has 0 amide bonds. The van der Waals surface area contributed by atoms with Crippen LogP contribution in [0, 0.1) is 38.0 Å². The number of phenolic OH excluding ortho intramolecular Hbond substituents is 2. The molecule has 7 rings (SSSR count). The molecule has 2 aromatic rings. The fourth-order valence-corrected chi connectivity index (χ4v) is 9.19. The Balaban J connectivity index is 1.54. The summed E-state index contributed by atoms with van der Waals surface area (Å²) in [6.45, 7) is 7.70. The average molecular weight is 564 g/mol. The smallest absolute Gasteiger partial charge is 0.309 e. The van der Waals surface area contributed by atoms with E-state index in [0.717, 1.165) is 33.4 Å². The number of benzene rings is 2. The van der Waals surface area contributed by atoms with Gasteiger partial charge < -0.3 is 24.4 Å². The molecule has 5 aliphatic rings. The molecule has 2 N–H and O–H groups in total. The topological polar surface area (TPSA) is 115 Å². The van der Waals surface area contributed by atoms with Crippen LogP contribution in [0.25, 0.3) is 0 Å². The number of cyclic esters (lactones) is 1. The number of nitrogens with zero attached hydrogens (tertiary/aromatic N) is 3. The number of thioether (sulfide) groups is 1. The lowest BCUT2D eigenvalue weighted by Crippen LogP contribution is -2.69. The number of aryl methyl sites for hydroxylation is 1. The molecule has 4 bridgehead atoms. The van der Waals surface area contributed by atoms with Crippen molar-refractivity contribution in [1.29, 1.82) is 5.26 Å². The Morgan fingerprint density at radius 3 is 2.52 bits per heavy atom. The molecule has 5 heterocycles. The molecule has 210 valence electrons. The van der Waals surface area contributed by atoms with Gasteiger partial charge in [-0.1, -0.05) is 13.0 Å². The first-order valence-corrected chi connectivity index (χ1v) is 14.8. The van der Waals surface area contributed by atoms with E-state index in [1.54, 1.807) is 11.8 Å². The molecule has 2 saturated heterocycles. The fraction of sp³-hybridized carbons (Fsp3) is 0.533. The first-order chi connectivity index (χ1) is 19.1. The molecule has 5 aliphatic heterocycles. The van der Waals surface area contributed by atoms with Gasteiger partial charge in [-0.3, -0.25) is 14.6 Å². The van der Waals surface area contributed by atoms with Crippen molar-refractivity contribution < 1.29 is 29.2 Å². The van der Waals surface area contributed by atoms with Gasteiger partial charge in [0.05, 0.1) is 29.3 Å². The third-order valence-corrected chi connectivity index (χ3v) is 11.4. The Hall–Kier alpha value is -3.13. The zero-order valence-corrected chi connectivity index (χ0v) is 24.0. The van der Waals surface area contributed by atoms with Gasteiger partial charge in [0.2, 0.25) is 6.79 Å². The predicted molar refractivity (Wildman–Crippen MR) is 148 cm³/mol. The number of aromatic hydroxyl groups is 2. The Morgan fingerprint density at radius 1 is 1.05 bits per heavy atom. The molecule has 0 spiro atoms. The summed E-state index contributed by atoms with van der Waals surface area (Å²) in [6, 6.07) is 3.02. The largest absolute Gasteiger partial charge is 0.507 e. The van der Waals surface area contributed by atoms with Crippen LogP contribution in [0.2, 0.25) is 0 Å². The number of piperazine rings is 1. The maximum atomic E-state index is 12.9. The van der Waals surface area contributed by atoms with Gasteiger partial charge in [0.25, 0.3) is 0 Å². The van der Waals surface area contributed by atoms with E-state index in [2.05, 4.69) is 21.9 Å². The predicted octanol–water partition coefficient (Wildman–Crippen LogP) is 3.95. The average Bonchev–Trinajstić information content (AvgIpc) is 3.42. The van der Waals surface area contributed by atoms with Gasteiger partial charge in [-0.15, -0.1) is 0 Å². The molecule has 7 atom stereocenters. The quantitative estimate of drug-likeness (QED) is 0.457. The summed E-state index contributed by atoms with van der Waals surface area (Å²) in [6.07, 6.45) is 0.615. The van der Waals surface area contributed by atoms with Gasteiger partial charge in [-0.2, -0.15) is 17.0 Å². The van der Waals surface area contributed by atoms with Crippen LogP contribution >= 0.6 is 11.8 Å². The molecule has 0 aromatic heterocycles. The third kappa shape index (κ3) is 3.25. The van der Waals surface area contributed by atoms with Crippen molar-refractivity contribution in [3.05, 3.63) is 45.0 Å². The zero-order valence-electron chi connectivity index (χ0n) is 23.2. The number of nitriles is 1. The molecule has 0 radical (unpaired) electrons. The maximum absolute atomic E-state index is 12.9. The summed E-state index contributed by atoms with van der Waals surface area (Å²) in [7, 11) is 2.04. The number of ether oxygens (including phenoxy) is 3. The van der Waals surface area contributed by atoms with Gasteiger partial charge >= 0.3 is 5.97 Å². The van der Waals surface area contributed by atoms with E-state index in [1.807, 2.05) is 34.7 Å². The second-order valence-electron chi connectivity index (χ2n) is 11.8. The molecule has 0 saturated carbocycles. The van der Waals surface area contributed by atoms with Crippen LogP contribution in [0.3, 0.4) is 0 Å². The van der Waals surface area contributed by atoms with Crippen molar-refractivity contribution >= 4 is 17.7 Å². The van der Waals surface area contributed by atoms with Crippen LogP contribution in [-0.4, -0.2) is 70.3 Å². The number of likely N-dealkylation sites (N-methyl/N-ethyl adjacent to an activating group) is 1. The van der Waals surface area contributed by atoms with Crippen LogP contribution in [0.5, 0.6) is 23.0 Å². The minimum atomic E-state index is -0.536. The van der Waals surface area contributed by atoms with Crippen LogP contribution in [-0.2, 0) is 16.0 Å². The van der Waals surface area contributed by atoms with Crippen LogP contribution < -0.4 is 9.47 Å². The Kier molecular flexibility index (Phi) is 5.77. The van der Waals surface area contributed by atoms with E-state index in [9.17, 15) is 20.3 Å².